The number of aromatic nitrogens is 1. The van der Waals surface area contributed by atoms with E-state index in [0.717, 1.165) is 31.7 Å². The van der Waals surface area contributed by atoms with Gasteiger partial charge in [-0.2, -0.15) is 5.26 Å². The van der Waals surface area contributed by atoms with Crippen LogP contribution in [0, 0.1) is 23.2 Å². The molecule has 0 bridgehead atoms. The highest BCUT2D eigenvalue weighted by molar-refractivity contribution is 6.29. The van der Waals surface area contributed by atoms with Crippen LogP contribution in [0.3, 0.4) is 0 Å². The van der Waals surface area contributed by atoms with Crippen LogP contribution in [0.15, 0.2) is 12.1 Å². The molecule has 3 atom stereocenters. The fraction of sp³-hybridized carbons (Fsp3) is 0.538. The van der Waals surface area contributed by atoms with E-state index in [1.165, 1.54) is 0 Å². The molecule has 4 nitrogen and oxygen atoms in total. The molecule has 0 amide bonds. The Labute approximate surface area is 111 Å². The maximum absolute atomic E-state index is 9.89. The van der Waals surface area contributed by atoms with Crippen LogP contribution < -0.4 is 4.90 Å². The third-order valence-electron chi connectivity index (χ3n) is 4.05. The lowest BCUT2D eigenvalue weighted by Crippen LogP contribution is -2.25. The van der Waals surface area contributed by atoms with E-state index in [0.29, 0.717) is 22.6 Å². The normalized spacial score (nSPS) is 30.3. The molecule has 3 unspecified atom stereocenters. The predicted molar refractivity (Wildman–Crippen MR) is 68.4 cm³/mol. The van der Waals surface area contributed by atoms with Gasteiger partial charge in [0, 0.05) is 19.0 Å². The topological polar surface area (TPSA) is 60.2 Å². The minimum absolute atomic E-state index is 0.186. The van der Waals surface area contributed by atoms with Gasteiger partial charge in [0.1, 0.15) is 11.0 Å². The van der Waals surface area contributed by atoms with Gasteiger partial charge in [-0.05, 0) is 30.9 Å². The van der Waals surface area contributed by atoms with Gasteiger partial charge in [0.15, 0.2) is 0 Å². The summed E-state index contributed by atoms with van der Waals surface area (Å²) >= 11 is 5.92. The Kier molecular flexibility index (Phi) is 2.89. The largest absolute Gasteiger partial charge is 0.393 e. The van der Waals surface area contributed by atoms with Crippen molar-refractivity contribution in [3.05, 3.63) is 22.8 Å². The molecule has 1 saturated heterocycles. The molecule has 1 aliphatic heterocycles. The van der Waals surface area contributed by atoms with Crippen molar-refractivity contribution in [3.63, 3.8) is 0 Å². The lowest BCUT2D eigenvalue weighted by atomic mass is 10.00. The van der Waals surface area contributed by atoms with E-state index in [4.69, 9.17) is 16.9 Å². The number of fused-ring (bicyclic) bond motifs is 1. The molecule has 3 rings (SSSR count). The molecule has 1 saturated carbocycles. The SMILES string of the molecule is N#Cc1cc(Cl)nc(N2CC3CCC(O)C3C2)c1. The first-order chi connectivity index (χ1) is 8.67. The van der Waals surface area contributed by atoms with Crippen LogP contribution in [-0.2, 0) is 0 Å². The first-order valence-electron chi connectivity index (χ1n) is 6.18. The molecule has 1 aliphatic carbocycles. The molecule has 1 aromatic heterocycles. The van der Waals surface area contributed by atoms with Crippen molar-refractivity contribution in [1.82, 2.24) is 4.98 Å². The quantitative estimate of drug-likeness (QED) is 0.785. The van der Waals surface area contributed by atoms with Gasteiger partial charge in [-0.15, -0.1) is 0 Å². The summed E-state index contributed by atoms with van der Waals surface area (Å²) < 4.78 is 0. The fourth-order valence-electron chi connectivity index (χ4n) is 3.13. The number of pyridine rings is 1. The van der Waals surface area contributed by atoms with Gasteiger partial charge in [-0.1, -0.05) is 11.6 Å². The van der Waals surface area contributed by atoms with E-state index in [-0.39, 0.29) is 6.10 Å². The molecule has 18 heavy (non-hydrogen) atoms. The average molecular weight is 264 g/mol. The second kappa shape index (κ2) is 4.42. The van der Waals surface area contributed by atoms with Crippen LogP contribution in [0.25, 0.3) is 0 Å². The second-order valence-corrected chi connectivity index (χ2v) is 5.51. The van der Waals surface area contributed by atoms with Crippen molar-refractivity contribution in [2.24, 2.45) is 11.8 Å². The Balaban J connectivity index is 1.85. The van der Waals surface area contributed by atoms with Gasteiger partial charge >= 0.3 is 0 Å². The summed E-state index contributed by atoms with van der Waals surface area (Å²) in [5, 5.41) is 19.2. The number of rotatable bonds is 1. The predicted octanol–water partition coefficient (Wildman–Crippen LogP) is 1.81. The summed E-state index contributed by atoms with van der Waals surface area (Å²) in [6, 6.07) is 5.42. The molecule has 94 valence electrons. The molecule has 0 radical (unpaired) electrons. The lowest BCUT2D eigenvalue weighted by Gasteiger charge is -2.19. The Bertz CT molecular complexity index is 513. The van der Waals surface area contributed by atoms with Crippen molar-refractivity contribution in [1.29, 1.82) is 5.26 Å². The first-order valence-corrected chi connectivity index (χ1v) is 6.56. The summed E-state index contributed by atoms with van der Waals surface area (Å²) in [6.07, 6.45) is 1.80. The minimum atomic E-state index is -0.186. The van der Waals surface area contributed by atoms with Crippen LogP contribution in [0.4, 0.5) is 5.82 Å². The number of aliphatic hydroxyl groups is 1. The lowest BCUT2D eigenvalue weighted by molar-refractivity contribution is 0.133. The van der Waals surface area contributed by atoms with E-state index in [9.17, 15) is 5.11 Å². The standard InChI is InChI=1S/C13H14ClN3O/c14-12-3-8(5-15)4-13(16-12)17-6-9-1-2-11(18)10(9)7-17/h3-4,9-11,18H,1-2,6-7H2. The monoisotopic (exact) mass is 263 g/mol. The van der Waals surface area contributed by atoms with Gasteiger partial charge in [-0.3, -0.25) is 0 Å². The van der Waals surface area contributed by atoms with Crippen LogP contribution >= 0.6 is 11.6 Å². The third-order valence-corrected chi connectivity index (χ3v) is 4.25. The Morgan fingerprint density at radius 1 is 1.39 bits per heavy atom. The zero-order valence-corrected chi connectivity index (χ0v) is 10.6. The van der Waals surface area contributed by atoms with Gasteiger partial charge in [0.25, 0.3) is 0 Å². The number of halogens is 1. The third kappa shape index (κ3) is 1.94. The Morgan fingerprint density at radius 2 is 2.22 bits per heavy atom. The van der Waals surface area contributed by atoms with E-state index in [1.54, 1.807) is 12.1 Å². The summed E-state index contributed by atoms with van der Waals surface area (Å²) in [5.74, 6) is 1.64. The zero-order valence-electron chi connectivity index (χ0n) is 9.88. The summed E-state index contributed by atoms with van der Waals surface area (Å²) in [4.78, 5) is 6.40. The summed E-state index contributed by atoms with van der Waals surface area (Å²) in [6.45, 7) is 1.71. The zero-order chi connectivity index (χ0) is 12.7. The van der Waals surface area contributed by atoms with E-state index in [1.807, 2.05) is 0 Å². The number of hydrogen-bond acceptors (Lipinski definition) is 4. The van der Waals surface area contributed by atoms with E-state index in [2.05, 4.69) is 16.0 Å². The maximum Gasteiger partial charge on any atom is 0.132 e. The first kappa shape index (κ1) is 11.8. The molecule has 5 heteroatoms. The van der Waals surface area contributed by atoms with Crippen LogP contribution in [-0.4, -0.2) is 29.3 Å². The highest BCUT2D eigenvalue weighted by Gasteiger charge is 2.42. The number of nitrogens with zero attached hydrogens (tertiary/aromatic N) is 3. The van der Waals surface area contributed by atoms with E-state index >= 15 is 0 Å². The van der Waals surface area contributed by atoms with Gasteiger partial charge in [0.2, 0.25) is 0 Å². The van der Waals surface area contributed by atoms with E-state index < -0.39 is 0 Å². The second-order valence-electron chi connectivity index (χ2n) is 5.12. The number of anilines is 1. The van der Waals surface area contributed by atoms with Crippen molar-refractivity contribution >= 4 is 17.4 Å². The summed E-state index contributed by atoms with van der Waals surface area (Å²) in [5.41, 5.74) is 0.530. The molecule has 2 aliphatic rings. The van der Waals surface area contributed by atoms with Crippen LogP contribution in [0.5, 0.6) is 0 Å². The minimum Gasteiger partial charge on any atom is -0.393 e. The fourth-order valence-corrected chi connectivity index (χ4v) is 3.34. The van der Waals surface area contributed by atoms with Crippen molar-refractivity contribution in [3.8, 4) is 6.07 Å². The maximum atomic E-state index is 9.89. The van der Waals surface area contributed by atoms with Gasteiger partial charge in [-0.25, -0.2) is 4.98 Å². The number of aliphatic hydroxyl groups excluding tert-OH is 1. The number of nitriles is 1. The van der Waals surface area contributed by atoms with Gasteiger partial charge < -0.3 is 10.0 Å². The smallest absolute Gasteiger partial charge is 0.132 e. The average Bonchev–Trinajstić information content (AvgIpc) is 2.91. The molecule has 1 N–H and O–H groups in total. The molecule has 2 heterocycles. The molecular weight excluding hydrogens is 250 g/mol. The number of hydrogen-bond donors (Lipinski definition) is 1. The van der Waals surface area contributed by atoms with Crippen LogP contribution in [0.1, 0.15) is 18.4 Å². The molecule has 2 fully saturated rings. The van der Waals surface area contributed by atoms with Crippen molar-refractivity contribution < 1.29 is 5.11 Å². The van der Waals surface area contributed by atoms with Crippen molar-refractivity contribution in [2.75, 3.05) is 18.0 Å². The highest BCUT2D eigenvalue weighted by atomic mass is 35.5. The summed E-state index contributed by atoms with van der Waals surface area (Å²) in [7, 11) is 0. The highest BCUT2D eigenvalue weighted by Crippen LogP contribution is 2.39. The van der Waals surface area contributed by atoms with Crippen LogP contribution in [0.2, 0.25) is 5.15 Å². The Hall–Kier alpha value is -1.31. The molecule has 0 spiro atoms. The van der Waals surface area contributed by atoms with Crippen molar-refractivity contribution in [2.45, 2.75) is 18.9 Å². The van der Waals surface area contributed by atoms with Gasteiger partial charge in [0.05, 0.1) is 17.7 Å². The molecule has 1 aromatic rings. The molecular formula is C13H14ClN3O. The Morgan fingerprint density at radius 3 is 2.94 bits per heavy atom. The molecule has 0 aromatic carbocycles.